The highest BCUT2D eigenvalue weighted by molar-refractivity contribution is 6.00. The molecule has 0 spiro atoms. The van der Waals surface area contributed by atoms with Crippen LogP contribution < -0.4 is 11.1 Å². The topological polar surface area (TPSA) is 75.4 Å². The monoisotopic (exact) mass is 289 g/mol. The lowest BCUT2D eigenvalue weighted by Gasteiger charge is -2.25. The molecule has 1 fully saturated rings. The van der Waals surface area contributed by atoms with Gasteiger partial charge in [-0.15, -0.1) is 0 Å². The van der Waals surface area contributed by atoms with E-state index in [1.54, 1.807) is 11.8 Å². The molecule has 0 unspecified atom stereocenters. The first-order valence-electron chi connectivity index (χ1n) is 7.28. The van der Waals surface area contributed by atoms with Crippen LogP contribution in [-0.4, -0.2) is 28.3 Å². The normalized spacial score (nSPS) is 15.7. The van der Waals surface area contributed by atoms with Crippen LogP contribution in [0.25, 0.3) is 0 Å². The van der Waals surface area contributed by atoms with Gasteiger partial charge in [0.1, 0.15) is 0 Å². The molecule has 21 heavy (non-hydrogen) atoms. The number of nitrogens with zero attached hydrogens (tertiary/aromatic N) is 1. The Labute approximate surface area is 125 Å². The maximum Gasteiger partial charge on any atom is 0.244 e. The predicted octanol–water partition coefficient (Wildman–Crippen LogP) is 1.87. The van der Waals surface area contributed by atoms with Gasteiger partial charge < -0.3 is 16.0 Å². The van der Waals surface area contributed by atoms with Crippen molar-refractivity contribution in [3.8, 4) is 0 Å². The van der Waals surface area contributed by atoms with Gasteiger partial charge >= 0.3 is 0 Å². The summed E-state index contributed by atoms with van der Waals surface area (Å²) < 4.78 is 0. The number of rotatable bonds is 5. The number of carbonyl (C=O) groups is 2. The molecule has 1 aliphatic rings. The molecule has 1 aromatic carbocycles. The van der Waals surface area contributed by atoms with E-state index in [0.29, 0.717) is 6.54 Å². The van der Waals surface area contributed by atoms with Crippen LogP contribution in [-0.2, 0) is 16.1 Å². The van der Waals surface area contributed by atoms with Crippen LogP contribution in [0, 0.1) is 0 Å². The Bertz CT molecular complexity index is 533. The molecule has 1 aromatic rings. The molecule has 0 bridgehead atoms. The Morgan fingerprint density at radius 2 is 1.86 bits per heavy atom. The molecule has 5 nitrogen and oxygen atoms in total. The summed E-state index contributed by atoms with van der Waals surface area (Å²) in [4.78, 5) is 25.2. The van der Waals surface area contributed by atoms with Crippen LogP contribution in [0.15, 0.2) is 24.3 Å². The van der Waals surface area contributed by atoms with Gasteiger partial charge in [-0.3, -0.25) is 9.59 Å². The summed E-state index contributed by atoms with van der Waals surface area (Å²) in [5.74, 6) is -0.0658. The van der Waals surface area contributed by atoms with Gasteiger partial charge in [-0.25, -0.2) is 0 Å². The lowest BCUT2D eigenvalue weighted by molar-refractivity contribution is -0.131. The molecule has 2 rings (SSSR count). The lowest BCUT2D eigenvalue weighted by Crippen LogP contribution is -2.37. The Morgan fingerprint density at radius 3 is 2.29 bits per heavy atom. The first kappa shape index (κ1) is 15.5. The number of nitrogens with one attached hydrogen (secondary N) is 1. The van der Waals surface area contributed by atoms with E-state index >= 15 is 0 Å². The van der Waals surface area contributed by atoms with E-state index in [4.69, 9.17) is 5.73 Å². The van der Waals surface area contributed by atoms with Crippen LogP contribution in [0.3, 0.4) is 0 Å². The van der Waals surface area contributed by atoms with Crippen LogP contribution in [0.5, 0.6) is 0 Å². The molecule has 1 saturated carbocycles. The average molecular weight is 289 g/mol. The fourth-order valence-electron chi connectivity index (χ4n) is 2.16. The number of anilines is 1. The van der Waals surface area contributed by atoms with E-state index < -0.39 is 5.54 Å². The molecule has 3 N–H and O–H groups in total. The molecular formula is C16H23N3O2. The van der Waals surface area contributed by atoms with Crippen LogP contribution in [0.1, 0.15) is 39.2 Å². The van der Waals surface area contributed by atoms with E-state index in [0.717, 1.165) is 24.1 Å². The van der Waals surface area contributed by atoms with Crippen molar-refractivity contribution in [3.05, 3.63) is 29.8 Å². The van der Waals surface area contributed by atoms with Gasteiger partial charge in [-0.1, -0.05) is 12.1 Å². The minimum absolute atomic E-state index is 0.0567. The van der Waals surface area contributed by atoms with Crippen molar-refractivity contribution in [2.75, 3.05) is 5.32 Å². The van der Waals surface area contributed by atoms with Crippen molar-refractivity contribution in [1.29, 1.82) is 0 Å². The summed E-state index contributed by atoms with van der Waals surface area (Å²) in [7, 11) is 0. The number of amides is 2. The number of nitrogens with two attached hydrogens (primary N) is 1. The van der Waals surface area contributed by atoms with Crippen molar-refractivity contribution >= 4 is 17.5 Å². The molecule has 0 radical (unpaired) electrons. The first-order chi connectivity index (χ1) is 9.82. The highest BCUT2D eigenvalue weighted by Crippen LogP contribution is 2.33. The van der Waals surface area contributed by atoms with Crippen molar-refractivity contribution < 1.29 is 9.59 Å². The summed E-state index contributed by atoms with van der Waals surface area (Å²) in [6.07, 6.45) is 1.50. The lowest BCUT2D eigenvalue weighted by atomic mass is 10.1. The van der Waals surface area contributed by atoms with Crippen molar-refractivity contribution in [2.45, 2.75) is 51.7 Å². The zero-order chi connectivity index (χ0) is 15.6. The minimum atomic E-state index is -0.665. The van der Waals surface area contributed by atoms with Gasteiger partial charge in [0.2, 0.25) is 11.8 Å². The van der Waals surface area contributed by atoms with E-state index in [-0.39, 0.29) is 17.9 Å². The molecule has 5 heteroatoms. The summed E-state index contributed by atoms with van der Waals surface area (Å²) in [6.45, 7) is 6.13. The molecule has 1 aliphatic carbocycles. The molecule has 0 saturated heterocycles. The Kier molecular flexibility index (Phi) is 4.32. The van der Waals surface area contributed by atoms with Gasteiger partial charge in [0.05, 0.1) is 5.54 Å². The van der Waals surface area contributed by atoms with Crippen molar-refractivity contribution in [3.63, 3.8) is 0 Å². The maximum absolute atomic E-state index is 11.8. The second-order valence-corrected chi connectivity index (χ2v) is 6.05. The smallest absolute Gasteiger partial charge is 0.244 e. The molecule has 0 aromatic heterocycles. The molecular weight excluding hydrogens is 266 g/mol. The van der Waals surface area contributed by atoms with Crippen LogP contribution in [0.4, 0.5) is 5.69 Å². The van der Waals surface area contributed by atoms with Crippen molar-refractivity contribution in [2.24, 2.45) is 5.73 Å². The zero-order valence-electron chi connectivity index (χ0n) is 12.8. The summed E-state index contributed by atoms with van der Waals surface area (Å²) >= 11 is 0. The number of hydrogen-bond acceptors (Lipinski definition) is 3. The predicted molar refractivity (Wildman–Crippen MR) is 82.6 cm³/mol. The highest BCUT2D eigenvalue weighted by Gasteiger charge is 2.45. The largest absolute Gasteiger partial charge is 0.336 e. The Morgan fingerprint density at radius 1 is 1.29 bits per heavy atom. The summed E-state index contributed by atoms with van der Waals surface area (Å²) in [6, 6.07) is 7.69. The Balaban J connectivity index is 1.98. The molecule has 0 atom stereocenters. The van der Waals surface area contributed by atoms with Crippen molar-refractivity contribution in [1.82, 2.24) is 4.90 Å². The number of benzene rings is 1. The van der Waals surface area contributed by atoms with E-state index in [1.165, 1.54) is 0 Å². The van der Waals surface area contributed by atoms with Crippen LogP contribution >= 0.6 is 0 Å². The molecule has 2 amide bonds. The van der Waals surface area contributed by atoms with E-state index in [9.17, 15) is 9.59 Å². The van der Waals surface area contributed by atoms with Gasteiger partial charge in [-0.2, -0.15) is 0 Å². The Hall–Kier alpha value is -1.88. The third-order valence-electron chi connectivity index (χ3n) is 3.83. The van der Waals surface area contributed by atoms with E-state index in [2.05, 4.69) is 5.32 Å². The van der Waals surface area contributed by atoms with Gasteiger partial charge in [0.15, 0.2) is 0 Å². The standard InChI is InChI=1S/C16H23N3O2/c1-11(2)19(12(3)20)10-13-4-6-14(7-5-13)18-15(21)16(17)8-9-16/h4-7,11H,8-10,17H2,1-3H3,(H,18,21). The number of hydrogen-bond donors (Lipinski definition) is 2. The fraction of sp³-hybridized carbons (Fsp3) is 0.500. The third-order valence-corrected chi connectivity index (χ3v) is 3.83. The van der Waals surface area contributed by atoms with Gasteiger partial charge in [0, 0.05) is 25.2 Å². The second kappa shape index (κ2) is 5.85. The second-order valence-electron chi connectivity index (χ2n) is 6.05. The zero-order valence-corrected chi connectivity index (χ0v) is 12.8. The van der Waals surface area contributed by atoms with Gasteiger partial charge in [0.25, 0.3) is 0 Å². The molecule has 0 aliphatic heterocycles. The highest BCUT2D eigenvalue weighted by atomic mass is 16.2. The fourth-order valence-corrected chi connectivity index (χ4v) is 2.16. The molecule has 0 heterocycles. The molecule has 114 valence electrons. The minimum Gasteiger partial charge on any atom is -0.336 e. The first-order valence-corrected chi connectivity index (χ1v) is 7.28. The van der Waals surface area contributed by atoms with E-state index in [1.807, 2.05) is 38.1 Å². The van der Waals surface area contributed by atoms with Crippen LogP contribution in [0.2, 0.25) is 0 Å². The quantitative estimate of drug-likeness (QED) is 0.869. The summed E-state index contributed by atoms with van der Waals surface area (Å²) in [5.41, 5.74) is 6.95. The SMILES string of the molecule is CC(=O)N(Cc1ccc(NC(=O)C2(N)CC2)cc1)C(C)C. The average Bonchev–Trinajstić information content (AvgIpc) is 3.16. The maximum atomic E-state index is 11.8. The summed E-state index contributed by atoms with van der Waals surface area (Å²) in [5, 5.41) is 2.83. The van der Waals surface area contributed by atoms with Gasteiger partial charge in [-0.05, 0) is 44.4 Å². The number of carbonyl (C=O) groups excluding carboxylic acids is 2. The third kappa shape index (κ3) is 3.82.